The molecule has 0 aliphatic rings. The molecule has 0 saturated heterocycles. The number of aryl methyl sites for hydroxylation is 1. The Morgan fingerprint density at radius 3 is 3.11 bits per heavy atom. The molecule has 19 heavy (non-hydrogen) atoms. The lowest BCUT2D eigenvalue weighted by atomic mass is 10.3. The minimum atomic E-state index is -0.0366. The second-order valence-corrected chi connectivity index (χ2v) is 5.80. The topological polar surface area (TPSA) is 55.1 Å². The number of nitrogens with one attached hydrogen (secondary N) is 1. The fraction of sp³-hybridized carbons (Fsp3) is 0.231. The smallest absolute Gasteiger partial charge is 0.230 e. The molecule has 0 aliphatic heterocycles. The summed E-state index contributed by atoms with van der Waals surface area (Å²) in [7, 11) is 0. The van der Waals surface area contributed by atoms with Crippen LogP contribution in [0.15, 0.2) is 44.6 Å². The van der Waals surface area contributed by atoms with Gasteiger partial charge in [0.05, 0.1) is 23.6 Å². The molecule has 100 valence electrons. The lowest BCUT2D eigenvalue weighted by molar-refractivity contribution is -0.118. The van der Waals surface area contributed by atoms with E-state index in [1.807, 2.05) is 19.1 Å². The lowest BCUT2D eigenvalue weighted by Gasteiger charge is -2.05. The molecular formula is C13H13BrN2O2S. The van der Waals surface area contributed by atoms with E-state index >= 15 is 0 Å². The summed E-state index contributed by atoms with van der Waals surface area (Å²) in [4.78, 5) is 16.0. The van der Waals surface area contributed by atoms with E-state index in [1.54, 1.807) is 18.5 Å². The third-order valence-electron chi connectivity index (χ3n) is 2.38. The van der Waals surface area contributed by atoms with Crippen molar-refractivity contribution < 1.29 is 9.21 Å². The van der Waals surface area contributed by atoms with Crippen molar-refractivity contribution in [2.45, 2.75) is 18.5 Å². The molecule has 2 rings (SSSR count). The van der Waals surface area contributed by atoms with Crippen LogP contribution in [0.25, 0.3) is 0 Å². The van der Waals surface area contributed by atoms with E-state index in [1.165, 1.54) is 11.8 Å². The summed E-state index contributed by atoms with van der Waals surface area (Å²) in [5, 5.41) is 3.67. The largest absolute Gasteiger partial charge is 0.467 e. The Morgan fingerprint density at radius 1 is 1.58 bits per heavy atom. The highest BCUT2D eigenvalue weighted by atomic mass is 79.9. The van der Waals surface area contributed by atoms with Crippen LogP contribution in [0, 0.1) is 6.92 Å². The molecule has 0 radical (unpaired) electrons. The quantitative estimate of drug-likeness (QED) is 0.849. The molecule has 2 aromatic heterocycles. The summed E-state index contributed by atoms with van der Waals surface area (Å²) in [6.45, 7) is 2.39. The predicted octanol–water partition coefficient (Wildman–Crippen LogP) is 3.15. The molecule has 0 unspecified atom stereocenters. The van der Waals surface area contributed by atoms with Crippen LogP contribution in [0.5, 0.6) is 0 Å². The summed E-state index contributed by atoms with van der Waals surface area (Å²) in [6, 6.07) is 5.61. The highest BCUT2D eigenvalue weighted by molar-refractivity contribution is 9.10. The third-order valence-corrected chi connectivity index (χ3v) is 3.92. The zero-order valence-corrected chi connectivity index (χ0v) is 12.8. The van der Waals surface area contributed by atoms with Crippen LogP contribution in [-0.4, -0.2) is 16.6 Å². The lowest BCUT2D eigenvalue weighted by Crippen LogP contribution is -2.24. The molecule has 2 heterocycles. The molecular weight excluding hydrogens is 328 g/mol. The van der Waals surface area contributed by atoms with Crippen LogP contribution in [0.3, 0.4) is 0 Å². The van der Waals surface area contributed by atoms with Crippen molar-refractivity contribution in [2.24, 2.45) is 0 Å². The first-order chi connectivity index (χ1) is 9.15. The SMILES string of the molecule is Cc1cc(Br)cnc1SCC(=O)NCc1ccco1. The molecule has 0 bridgehead atoms. The van der Waals surface area contributed by atoms with E-state index in [-0.39, 0.29) is 5.91 Å². The molecule has 0 spiro atoms. The third kappa shape index (κ3) is 4.40. The number of carbonyl (C=O) groups excluding carboxylic acids is 1. The normalized spacial score (nSPS) is 10.4. The summed E-state index contributed by atoms with van der Waals surface area (Å²) in [6.07, 6.45) is 3.32. The molecule has 1 N–H and O–H groups in total. The Kier molecular flexibility index (Phi) is 5.04. The molecule has 2 aromatic rings. The number of aromatic nitrogens is 1. The van der Waals surface area contributed by atoms with Crippen molar-refractivity contribution in [1.29, 1.82) is 0 Å². The zero-order valence-electron chi connectivity index (χ0n) is 10.4. The first-order valence-corrected chi connectivity index (χ1v) is 7.47. The van der Waals surface area contributed by atoms with Gasteiger partial charge in [0.1, 0.15) is 5.76 Å². The summed E-state index contributed by atoms with van der Waals surface area (Å²) >= 11 is 4.79. The molecule has 0 aromatic carbocycles. The van der Waals surface area contributed by atoms with Crippen LogP contribution >= 0.6 is 27.7 Å². The van der Waals surface area contributed by atoms with E-state index in [0.717, 1.165) is 20.8 Å². The van der Waals surface area contributed by atoms with Gasteiger partial charge in [-0.1, -0.05) is 11.8 Å². The molecule has 6 heteroatoms. The number of pyridine rings is 1. The number of carbonyl (C=O) groups is 1. The van der Waals surface area contributed by atoms with Gasteiger partial charge in [-0.2, -0.15) is 0 Å². The number of halogens is 1. The summed E-state index contributed by atoms with van der Waals surface area (Å²) < 4.78 is 6.08. The van der Waals surface area contributed by atoms with Gasteiger partial charge in [-0.25, -0.2) is 4.98 Å². The van der Waals surface area contributed by atoms with Crippen molar-refractivity contribution >= 4 is 33.6 Å². The molecule has 0 saturated carbocycles. The Bertz CT molecular complexity index is 558. The van der Waals surface area contributed by atoms with E-state index in [4.69, 9.17) is 4.42 Å². The standard InChI is InChI=1S/C13H13BrN2O2S/c1-9-5-10(14)6-16-13(9)19-8-12(17)15-7-11-3-2-4-18-11/h2-6H,7-8H2,1H3,(H,15,17). The Balaban J connectivity index is 1.80. The second-order valence-electron chi connectivity index (χ2n) is 3.92. The maximum absolute atomic E-state index is 11.7. The fourth-order valence-electron chi connectivity index (χ4n) is 1.46. The Hall–Kier alpha value is -1.27. The number of rotatable bonds is 5. The number of furan rings is 1. The second kappa shape index (κ2) is 6.77. The average Bonchev–Trinajstić information content (AvgIpc) is 2.88. The molecule has 0 aliphatic carbocycles. The van der Waals surface area contributed by atoms with E-state index in [0.29, 0.717) is 12.3 Å². The minimum Gasteiger partial charge on any atom is -0.467 e. The van der Waals surface area contributed by atoms with Gasteiger partial charge in [0.15, 0.2) is 0 Å². The van der Waals surface area contributed by atoms with E-state index < -0.39 is 0 Å². The Morgan fingerprint density at radius 2 is 2.42 bits per heavy atom. The first kappa shape index (κ1) is 14.1. The van der Waals surface area contributed by atoms with Gasteiger partial charge in [-0.15, -0.1) is 0 Å². The van der Waals surface area contributed by atoms with Gasteiger partial charge < -0.3 is 9.73 Å². The minimum absolute atomic E-state index is 0.0366. The van der Waals surface area contributed by atoms with Gasteiger partial charge in [0.25, 0.3) is 0 Å². The van der Waals surface area contributed by atoms with Gasteiger partial charge in [0, 0.05) is 10.7 Å². The maximum Gasteiger partial charge on any atom is 0.230 e. The van der Waals surface area contributed by atoms with E-state index in [2.05, 4.69) is 26.2 Å². The summed E-state index contributed by atoms with van der Waals surface area (Å²) in [5.74, 6) is 1.05. The van der Waals surface area contributed by atoms with Gasteiger partial charge in [0.2, 0.25) is 5.91 Å². The fourth-order valence-corrected chi connectivity index (χ4v) is 2.69. The molecule has 0 fully saturated rings. The molecule has 4 nitrogen and oxygen atoms in total. The number of amides is 1. The van der Waals surface area contributed by atoms with Crippen molar-refractivity contribution in [3.8, 4) is 0 Å². The highest BCUT2D eigenvalue weighted by Gasteiger charge is 2.07. The van der Waals surface area contributed by atoms with Crippen molar-refractivity contribution in [2.75, 3.05) is 5.75 Å². The van der Waals surface area contributed by atoms with Gasteiger partial charge in [-0.05, 0) is 46.6 Å². The number of nitrogens with zero attached hydrogens (tertiary/aromatic N) is 1. The van der Waals surface area contributed by atoms with Crippen molar-refractivity contribution in [3.63, 3.8) is 0 Å². The highest BCUT2D eigenvalue weighted by Crippen LogP contribution is 2.22. The monoisotopic (exact) mass is 340 g/mol. The zero-order chi connectivity index (χ0) is 13.7. The average molecular weight is 341 g/mol. The first-order valence-electron chi connectivity index (χ1n) is 5.69. The van der Waals surface area contributed by atoms with Crippen molar-refractivity contribution in [3.05, 3.63) is 46.5 Å². The van der Waals surface area contributed by atoms with Gasteiger partial charge >= 0.3 is 0 Å². The van der Waals surface area contributed by atoms with E-state index in [9.17, 15) is 4.79 Å². The van der Waals surface area contributed by atoms with Crippen LogP contribution in [0.2, 0.25) is 0 Å². The van der Waals surface area contributed by atoms with Crippen LogP contribution < -0.4 is 5.32 Å². The predicted molar refractivity (Wildman–Crippen MR) is 78.0 cm³/mol. The van der Waals surface area contributed by atoms with Crippen molar-refractivity contribution in [1.82, 2.24) is 10.3 Å². The summed E-state index contributed by atoms with van der Waals surface area (Å²) in [5.41, 5.74) is 1.05. The number of thioether (sulfide) groups is 1. The molecule has 1 amide bonds. The molecule has 0 atom stereocenters. The number of hydrogen-bond donors (Lipinski definition) is 1. The van der Waals surface area contributed by atoms with Gasteiger partial charge in [-0.3, -0.25) is 4.79 Å². The van der Waals surface area contributed by atoms with Crippen LogP contribution in [0.4, 0.5) is 0 Å². The Labute approximate surface area is 124 Å². The van der Waals surface area contributed by atoms with Crippen LogP contribution in [0.1, 0.15) is 11.3 Å². The van der Waals surface area contributed by atoms with Crippen LogP contribution in [-0.2, 0) is 11.3 Å². The number of hydrogen-bond acceptors (Lipinski definition) is 4. The maximum atomic E-state index is 11.7.